The SMILES string of the molecule is CCCCCCCCCCCOC(=O)Oc1cccc2cc3ccccc3cc12. The number of hydrogen-bond acceptors (Lipinski definition) is 3. The van der Waals surface area contributed by atoms with E-state index in [0.717, 1.165) is 29.0 Å². The maximum absolute atomic E-state index is 12.1. The van der Waals surface area contributed by atoms with Gasteiger partial charge in [-0.05, 0) is 40.8 Å². The van der Waals surface area contributed by atoms with Gasteiger partial charge < -0.3 is 9.47 Å². The Morgan fingerprint density at radius 1 is 0.724 bits per heavy atom. The molecule has 0 N–H and O–H groups in total. The van der Waals surface area contributed by atoms with Gasteiger partial charge >= 0.3 is 6.16 Å². The molecule has 0 atom stereocenters. The van der Waals surface area contributed by atoms with E-state index in [1.54, 1.807) is 0 Å². The molecule has 3 rings (SSSR count). The number of rotatable bonds is 11. The van der Waals surface area contributed by atoms with Gasteiger partial charge in [-0.1, -0.05) is 94.7 Å². The predicted molar refractivity (Wildman–Crippen MR) is 121 cm³/mol. The molecular weight excluding hydrogens is 360 g/mol. The van der Waals surface area contributed by atoms with Gasteiger partial charge in [-0.15, -0.1) is 0 Å². The van der Waals surface area contributed by atoms with Crippen molar-refractivity contribution in [2.75, 3.05) is 6.61 Å². The molecule has 3 heteroatoms. The Kier molecular flexibility index (Phi) is 8.36. The monoisotopic (exact) mass is 392 g/mol. The molecule has 0 bridgehead atoms. The van der Waals surface area contributed by atoms with E-state index in [2.05, 4.69) is 31.2 Å². The summed E-state index contributed by atoms with van der Waals surface area (Å²) >= 11 is 0. The zero-order chi connectivity index (χ0) is 20.3. The van der Waals surface area contributed by atoms with Crippen molar-refractivity contribution in [3.05, 3.63) is 54.6 Å². The largest absolute Gasteiger partial charge is 0.513 e. The van der Waals surface area contributed by atoms with E-state index in [1.807, 2.05) is 30.3 Å². The van der Waals surface area contributed by atoms with Gasteiger partial charge in [-0.25, -0.2) is 4.79 Å². The van der Waals surface area contributed by atoms with Crippen molar-refractivity contribution in [2.45, 2.75) is 64.7 Å². The lowest BCUT2D eigenvalue weighted by Crippen LogP contribution is -2.11. The molecular formula is C26H32O3. The average molecular weight is 393 g/mol. The van der Waals surface area contributed by atoms with E-state index in [-0.39, 0.29) is 0 Å². The highest BCUT2D eigenvalue weighted by molar-refractivity contribution is 6.01. The van der Waals surface area contributed by atoms with Crippen LogP contribution in [-0.2, 0) is 4.74 Å². The fourth-order valence-corrected chi connectivity index (χ4v) is 3.71. The van der Waals surface area contributed by atoms with E-state index in [4.69, 9.17) is 9.47 Å². The quantitative estimate of drug-likeness (QED) is 0.143. The van der Waals surface area contributed by atoms with Crippen LogP contribution in [0.15, 0.2) is 54.6 Å². The zero-order valence-corrected chi connectivity index (χ0v) is 17.5. The normalized spacial score (nSPS) is 11.1. The van der Waals surface area contributed by atoms with Gasteiger partial charge in [0.1, 0.15) is 5.75 Å². The molecule has 0 unspecified atom stereocenters. The second-order valence-electron chi connectivity index (χ2n) is 7.71. The van der Waals surface area contributed by atoms with Gasteiger partial charge in [0, 0.05) is 5.39 Å². The Morgan fingerprint density at radius 2 is 1.34 bits per heavy atom. The molecule has 0 spiro atoms. The van der Waals surface area contributed by atoms with Gasteiger partial charge in [0.15, 0.2) is 0 Å². The molecule has 0 aliphatic heterocycles. The second kappa shape index (κ2) is 11.5. The smallest absolute Gasteiger partial charge is 0.434 e. The lowest BCUT2D eigenvalue weighted by Gasteiger charge is -2.09. The summed E-state index contributed by atoms with van der Waals surface area (Å²) in [6.45, 7) is 2.66. The summed E-state index contributed by atoms with van der Waals surface area (Å²) in [4.78, 5) is 12.1. The molecule has 3 aromatic carbocycles. The maximum atomic E-state index is 12.1. The molecule has 0 aliphatic rings. The first-order chi connectivity index (χ1) is 14.3. The number of hydrogen-bond donors (Lipinski definition) is 0. The van der Waals surface area contributed by atoms with Crippen LogP contribution in [0.4, 0.5) is 4.79 Å². The highest BCUT2D eigenvalue weighted by atomic mass is 16.7. The lowest BCUT2D eigenvalue weighted by molar-refractivity contribution is 0.0978. The summed E-state index contributed by atoms with van der Waals surface area (Å²) in [6, 6.07) is 18.1. The summed E-state index contributed by atoms with van der Waals surface area (Å²) < 4.78 is 10.8. The van der Waals surface area contributed by atoms with Crippen LogP contribution in [0, 0.1) is 0 Å². The predicted octanol–water partition coefficient (Wildman–Crippen LogP) is 8.04. The minimum atomic E-state index is -0.620. The van der Waals surface area contributed by atoms with Gasteiger partial charge in [-0.2, -0.15) is 0 Å². The topological polar surface area (TPSA) is 35.5 Å². The standard InChI is InChI=1S/C26H32O3/c1-2-3-4-5-6-7-8-9-12-18-28-26(27)29-25-17-13-16-23-19-21-14-10-11-15-22(21)20-24(23)25/h10-11,13-17,19-20H,2-9,12,18H2,1H3. The molecule has 0 amide bonds. The third-order valence-corrected chi connectivity index (χ3v) is 5.37. The molecule has 0 radical (unpaired) electrons. The third kappa shape index (κ3) is 6.49. The Labute approximate surface area is 174 Å². The van der Waals surface area contributed by atoms with E-state index in [1.165, 1.54) is 50.3 Å². The molecule has 0 aliphatic carbocycles. The summed E-state index contributed by atoms with van der Waals surface area (Å²) in [7, 11) is 0. The molecule has 3 aromatic rings. The highest BCUT2D eigenvalue weighted by Gasteiger charge is 2.10. The lowest BCUT2D eigenvalue weighted by atomic mass is 10.0. The molecule has 0 aromatic heterocycles. The maximum Gasteiger partial charge on any atom is 0.513 e. The number of benzene rings is 3. The van der Waals surface area contributed by atoms with Crippen LogP contribution in [0.25, 0.3) is 21.5 Å². The van der Waals surface area contributed by atoms with Crippen molar-refractivity contribution in [1.82, 2.24) is 0 Å². The Hall–Kier alpha value is -2.55. The summed E-state index contributed by atoms with van der Waals surface area (Å²) in [5.74, 6) is 0.547. The van der Waals surface area contributed by atoms with Crippen molar-refractivity contribution in [3.8, 4) is 5.75 Å². The molecule has 0 fully saturated rings. The van der Waals surface area contributed by atoms with E-state index in [9.17, 15) is 4.79 Å². The van der Waals surface area contributed by atoms with Crippen molar-refractivity contribution < 1.29 is 14.3 Å². The minimum Gasteiger partial charge on any atom is -0.434 e. The van der Waals surface area contributed by atoms with Gasteiger partial charge in [0.05, 0.1) is 6.61 Å². The third-order valence-electron chi connectivity index (χ3n) is 5.37. The first-order valence-electron chi connectivity index (χ1n) is 11.0. The van der Waals surface area contributed by atoms with Crippen LogP contribution in [-0.4, -0.2) is 12.8 Å². The highest BCUT2D eigenvalue weighted by Crippen LogP contribution is 2.30. The van der Waals surface area contributed by atoms with Crippen molar-refractivity contribution >= 4 is 27.7 Å². The number of carbonyl (C=O) groups is 1. The van der Waals surface area contributed by atoms with Crippen LogP contribution in [0.1, 0.15) is 64.7 Å². The Morgan fingerprint density at radius 3 is 2.07 bits per heavy atom. The summed E-state index contributed by atoms with van der Waals surface area (Å²) in [5, 5.41) is 4.27. The molecule has 0 saturated heterocycles. The van der Waals surface area contributed by atoms with E-state index >= 15 is 0 Å². The van der Waals surface area contributed by atoms with Crippen LogP contribution in [0.5, 0.6) is 5.75 Å². The van der Waals surface area contributed by atoms with Crippen LogP contribution >= 0.6 is 0 Å². The van der Waals surface area contributed by atoms with Gasteiger partial charge in [0.2, 0.25) is 0 Å². The number of carbonyl (C=O) groups excluding carboxylic acids is 1. The summed E-state index contributed by atoms with van der Waals surface area (Å²) in [5.41, 5.74) is 0. The molecule has 154 valence electrons. The fourth-order valence-electron chi connectivity index (χ4n) is 3.71. The number of ether oxygens (including phenoxy) is 2. The van der Waals surface area contributed by atoms with E-state index in [0.29, 0.717) is 12.4 Å². The Bertz CT molecular complexity index is 916. The molecule has 0 heterocycles. The van der Waals surface area contributed by atoms with Crippen LogP contribution in [0.3, 0.4) is 0 Å². The zero-order valence-electron chi connectivity index (χ0n) is 17.5. The van der Waals surface area contributed by atoms with Gasteiger partial charge in [0.25, 0.3) is 0 Å². The van der Waals surface area contributed by atoms with Crippen molar-refractivity contribution in [2.24, 2.45) is 0 Å². The average Bonchev–Trinajstić information content (AvgIpc) is 2.74. The van der Waals surface area contributed by atoms with Crippen molar-refractivity contribution in [1.29, 1.82) is 0 Å². The van der Waals surface area contributed by atoms with Crippen LogP contribution < -0.4 is 4.74 Å². The first-order valence-corrected chi connectivity index (χ1v) is 11.0. The molecule has 29 heavy (non-hydrogen) atoms. The fraction of sp³-hybridized carbons (Fsp3) is 0.423. The second-order valence-corrected chi connectivity index (χ2v) is 7.71. The van der Waals surface area contributed by atoms with Crippen LogP contribution in [0.2, 0.25) is 0 Å². The van der Waals surface area contributed by atoms with E-state index < -0.39 is 6.16 Å². The molecule has 3 nitrogen and oxygen atoms in total. The molecule has 0 saturated carbocycles. The van der Waals surface area contributed by atoms with Gasteiger partial charge in [-0.3, -0.25) is 0 Å². The number of fused-ring (bicyclic) bond motifs is 2. The summed E-state index contributed by atoms with van der Waals surface area (Å²) in [6.07, 6.45) is 10.5. The Balaban J connectivity index is 1.43. The minimum absolute atomic E-state index is 0.419. The first kappa shape index (κ1) is 21.2. The van der Waals surface area contributed by atoms with Crippen molar-refractivity contribution in [3.63, 3.8) is 0 Å². The number of unbranched alkanes of at least 4 members (excludes halogenated alkanes) is 8.